The molecule has 0 saturated carbocycles. The molecule has 0 bridgehead atoms. The third-order valence-electron chi connectivity index (χ3n) is 3.59. The smallest absolute Gasteiger partial charge is 0.261 e. The van der Waals surface area contributed by atoms with Crippen molar-refractivity contribution in [1.82, 2.24) is 15.1 Å². The zero-order valence-electron chi connectivity index (χ0n) is 13.1. The van der Waals surface area contributed by atoms with Gasteiger partial charge in [-0.2, -0.15) is 0 Å². The van der Waals surface area contributed by atoms with Crippen LogP contribution in [0.3, 0.4) is 0 Å². The predicted octanol–water partition coefficient (Wildman–Crippen LogP) is 3.31. The fraction of sp³-hybridized carbons (Fsp3) is 0.176. The lowest BCUT2D eigenvalue weighted by Gasteiger charge is -2.09. The second-order valence-corrected chi connectivity index (χ2v) is 5.22. The van der Waals surface area contributed by atoms with Crippen LogP contribution in [0.1, 0.15) is 27.4 Å². The Morgan fingerprint density at radius 3 is 2.52 bits per heavy atom. The molecule has 116 valence electrons. The molecule has 0 unspecified atom stereocenters. The van der Waals surface area contributed by atoms with Crippen molar-refractivity contribution in [2.45, 2.75) is 20.8 Å². The van der Waals surface area contributed by atoms with Gasteiger partial charge in [-0.1, -0.05) is 35.5 Å². The summed E-state index contributed by atoms with van der Waals surface area (Å²) in [7, 11) is 0. The van der Waals surface area contributed by atoms with E-state index in [1.807, 2.05) is 44.2 Å². The summed E-state index contributed by atoms with van der Waals surface area (Å²) in [6.45, 7) is 5.45. The number of carbonyl (C=O) groups is 1. The number of nitrogens with zero attached hydrogens (tertiary/aromatic N) is 3. The Morgan fingerprint density at radius 1 is 1.13 bits per heavy atom. The highest BCUT2D eigenvalue weighted by molar-refractivity contribution is 6.07. The molecule has 23 heavy (non-hydrogen) atoms. The van der Waals surface area contributed by atoms with Gasteiger partial charge in [0, 0.05) is 17.3 Å². The van der Waals surface area contributed by atoms with Crippen molar-refractivity contribution in [2.75, 3.05) is 5.32 Å². The Kier molecular flexibility index (Phi) is 3.89. The van der Waals surface area contributed by atoms with E-state index in [1.165, 1.54) is 6.20 Å². The maximum Gasteiger partial charge on any atom is 0.261 e. The van der Waals surface area contributed by atoms with Crippen LogP contribution >= 0.6 is 0 Å². The normalized spacial score (nSPS) is 10.6. The lowest BCUT2D eigenvalue weighted by Crippen LogP contribution is -2.15. The van der Waals surface area contributed by atoms with Crippen LogP contribution in [-0.2, 0) is 0 Å². The molecule has 3 aromatic rings. The van der Waals surface area contributed by atoms with E-state index < -0.39 is 0 Å². The summed E-state index contributed by atoms with van der Waals surface area (Å²) in [5.41, 5.74) is 3.37. The van der Waals surface area contributed by atoms with Crippen LogP contribution in [0.2, 0.25) is 0 Å². The quantitative estimate of drug-likeness (QED) is 0.803. The number of amides is 1. The lowest BCUT2D eigenvalue weighted by molar-refractivity contribution is 0.102. The number of hydrogen-bond donors (Lipinski definition) is 1. The van der Waals surface area contributed by atoms with E-state index in [1.54, 1.807) is 6.92 Å². The Morgan fingerprint density at radius 2 is 1.87 bits per heavy atom. The summed E-state index contributed by atoms with van der Waals surface area (Å²) in [6.07, 6.45) is 1.53. The molecule has 6 heteroatoms. The SMILES string of the molecule is Cc1ncc(C(=O)Nc2onc(C)c2C)c(-c2ccccc2)n1. The van der Waals surface area contributed by atoms with Crippen molar-refractivity contribution in [2.24, 2.45) is 0 Å². The highest BCUT2D eigenvalue weighted by Gasteiger charge is 2.18. The molecule has 0 fully saturated rings. The van der Waals surface area contributed by atoms with Crippen LogP contribution in [0.4, 0.5) is 5.88 Å². The molecular formula is C17H16N4O2. The number of aryl methyl sites for hydroxylation is 2. The van der Waals surface area contributed by atoms with Crippen LogP contribution in [0.5, 0.6) is 0 Å². The van der Waals surface area contributed by atoms with E-state index in [0.717, 1.165) is 16.8 Å². The van der Waals surface area contributed by atoms with Gasteiger partial charge in [0.05, 0.1) is 17.0 Å². The van der Waals surface area contributed by atoms with E-state index >= 15 is 0 Å². The number of nitrogens with one attached hydrogen (secondary N) is 1. The van der Waals surface area contributed by atoms with Gasteiger partial charge in [0.25, 0.3) is 5.91 Å². The van der Waals surface area contributed by atoms with Crippen LogP contribution < -0.4 is 5.32 Å². The number of benzene rings is 1. The van der Waals surface area contributed by atoms with E-state index in [4.69, 9.17) is 4.52 Å². The van der Waals surface area contributed by atoms with Crippen molar-refractivity contribution >= 4 is 11.8 Å². The Labute approximate surface area is 133 Å². The minimum atomic E-state index is -0.330. The standard InChI is InChI=1S/C17H16N4O2/c1-10-11(2)21-23-17(10)20-16(22)14-9-18-12(3)19-15(14)13-7-5-4-6-8-13/h4-9H,1-3H3,(H,20,22). The summed E-state index contributed by atoms with van der Waals surface area (Å²) in [4.78, 5) is 21.2. The molecule has 0 radical (unpaired) electrons. The topological polar surface area (TPSA) is 80.9 Å². The summed E-state index contributed by atoms with van der Waals surface area (Å²) in [5, 5.41) is 6.57. The number of hydrogen-bond acceptors (Lipinski definition) is 5. The minimum absolute atomic E-state index is 0.330. The lowest BCUT2D eigenvalue weighted by atomic mass is 10.1. The average Bonchev–Trinajstić information content (AvgIpc) is 2.87. The molecular weight excluding hydrogens is 292 g/mol. The monoisotopic (exact) mass is 308 g/mol. The van der Waals surface area contributed by atoms with E-state index in [-0.39, 0.29) is 5.91 Å². The highest BCUT2D eigenvalue weighted by Crippen LogP contribution is 2.23. The molecule has 6 nitrogen and oxygen atoms in total. The van der Waals surface area contributed by atoms with Gasteiger partial charge in [0.1, 0.15) is 5.82 Å². The molecule has 1 N–H and O–H groups in total. The Balaban J connectivity index is 1.99. The molecule has 0 spiro atoms. The molecule has 1 amide bonds. The summed E-state index contributed by atoms with van der Waals surface area (Å²) in [5.74, 6) is 0.613. The Hall–Kier alpha value is -3.02. The third-order valence-corrected chi connectivity index (χ3v) is 3.59. The van der Waals surface area contributed by atoms with Gasteiger partial charge in [-0.15, -0.1) is 0 Å². The number of aromatic nitrogens is 3. The first kappa shape index (κ1) is 14.9. The van der Waals surface area contributed by atoms with E-state index in [0.29, 0.717) is 23.0 Å². The molecule has 0 saturated heterocycles. The highest BCUT2D eigenvalue weighted by atomic mass is 16.5. The zero-order chi connectivity index (χ0) is 16.4. The van der Waals surface area contributed by atoms with Gasteiger partial charge in [-0.25, -0.2) is 9.97 Å². The fourth-order valence-electron chi connectivity index (χ4n) is 2.15. The molecule has 0 aliphatic rings. The van der Waals surface area contributed by atoms with Gasteiger partial charge in [-0.3, -0.25) is 10.1 Å². The van der Waals surface area contributed by atoms with Crippen molar-refractivity contribution in [1.29, 1.82) is 0 Å². The second-order valence-electron chi connectivity index (χ2n) is 5.22. The van der Waals surface area contributed by atoms with Gasteiger partial charge >= 0.3 is 0 Å². The molecule has 0 atom stereocenters. The van der Waals surface area contributed by atoms with Gasteiger partial charge < -0.3 is 4.52 Å². The maximum atomic E-state index is 12.6. The van der Waals surface area contributed by atoms with Crippen LogP contribution in [0.15, 0.2) is 41.1 Å². The van der Waals surface area contributed by atoms with Crippen LogP contribution in [-0.4, -0.2) is 21.0 Å². The van der Waals surface area contributed by atoms with Gasteiger partial charge in [0.15, 0.2) is 0 Å². The number of carbonyl (C=O) groups excluding carboxylic acids is 1. The van der Waals surface area contributed by atoms with Crippen molar-refractivity contribution < 1.29 is 9.32 Å². The van der Waals surface area contributed by atoms with Crippen LogP contribution in [0.25, 0.3) is 11.3 Å². The van der Waals surface area contributed by atoms with Crippen molar-refractivity contribution in [3.8, 4) is 11.3 Å². The predicted molar refractivity (Wildman–Crippen MR) is 86.1 cm³/mol. The maximum absolute atomic E-state index is 12.6. The molecule has 2 aromatic heterocycles. The molecule has 0 aliphatic carbocycles. The summed E-state index contributed by atoms with van der Waals surface area (Å²) in [6, 6.07) is 9.53. The number of rotatable bonds is 3. The zero-order valence-corrected chi connectivity index (χ0v) is 13.1. The first-order valence-corrected chi connectivity index (χ1v) is 7.19. The van der Waals surface area contributed by atoms with Gasteiger partial charge in [-0.05, 0) is 20.8 Å². The first-order chi connectivity index (χ1) is 11.1. The molecule has 0 aliphatic heterocycles. The van der Waals surface area contributed by atoms with Crippen molar-refractivity contribution in [3.05, 3.63) is 59.2 Å². The summed E-state index contributed by atoms with van der Waals surface area (Å²) < 4.78 is 5.13. The first-order valence-electron chi connectivity index (χ1n) is 7.19. The van der Waals surface area contributed by atoms with Crippen molar-refractivity contribution in [3.63, 3.8) is 0 Å². The van der Waals surface area contributed by atoms with Crippen LogP contribution in [0, 0.1) is 20.8 Å². The fourth-order valence-corrected chi connectivity index (χ4v) is 2.15. The Bertz CT molecular complexity index is 856. The second kappa shape index (κ2) is 6.00. The molecule has 2 heterocycles. The van der Waals surface area contributed by atoms with Gasteiger partial charge in [0.2, 0.25) is 5.88 Å². The average molecular weight is 308 g/mol. The number of anilines is 1. The molecule has 3 rings (SSSR count). The third kappa shape index (κ3) is 2.96. The minimum Gasteiger partial charge on any atom is -0.338 e. The largest absolute Gasteiger partial charge is 0.338 e. The van der Waals surface area contributed by atoms with E-state index in [2.05, 4.69) is 20.4 Å². The molecule has 1 aromatic carbocycles. The van der Waals surface area contributed by atoms with E-state index in [9.17, 15) is 4.79 Å². The summed E-state index contributed by atoms with van der Waals surface area (Å²) >= 11 is 0.